The molecule has 0 amide bonds. The van der Waals surface area contributed by atoms with Crippen LogP contribution in [0.5, 0.6) is 0 Å². The van der Waals surface area contributed by atoms with Gasteiger partial charge in [0.25, 0.3) is 0 Å². The molecule has 5 rings (SSSR count). The highest BCUT2D eigenvalue weighted by Crippen LogP contribution is 2.52. The van der Waals surface area contributed by atoms with Gasteiger partial charge in [-0.1, -0.05) is 77.9 Å². The Morgan fingerprint density at radius 3 is 2.17 bits per heavy atom. The van der Waals surface area contributed by atoms with E-state index >= 15 is 0 Å². The van der Waals surface area contributed by atoms with Gasteiger partial charge in [-0.05, 0) is 61.3 Å². The Morgan fingerprint density at radius 1 is 0.833 bits per heavy atom. The van der Waals surface area contributed by atoms with Gasteiger partial charge in [0, 0.05) is 17.4 Å². The lowest BCUT2D eigenvalue weighted by Crippen LogP contribution is -2.13. The van der Waals surface area contributed by atoms with E-state index in [0.717, 1.165) is 29.4 Å². The number of aryl methyl sites for hydroxylation is 2. The third kappa shape index (κ3) is 3.70. The lowest BCUT2D eigenvalue weighted by molar-refractivity contribution is 0.549. The second-order valence-corrected chi connectivity index (χ2v) is 8.73. The standard InChI is InChI=1S/C28H26O2/c1-18-7-11-20(12-8-18)15-22-17-24(22)27-23-5-3-4-6-26(23)30-28(29)25(27)16-21-13-9-19(2)10-14-21/h3-14,22,24H,15-17H2,1-2H3. The van der Waals surface area contributed by atoms with E-state index in [-0.39, 0.29) is 5.63 Å². The molecule has 0 saturated heterocycles. The van der Waals surface area contributed by atoms with Crippen LogP contribution in [0, 0.1) is 19.8 Å². The monoisotopic (exact) mass is 394 g/mol. The molecule has 30 heavy (non-hydrogen) atoms. The van der Waals surface area contributed by atoms with Crippen molar-refractivity contribution in [2.24, 2.45) is 5.92 Å². The summed E-state index contributed by atoms with van der Waals surface area (Å²) < 4.78 is 5.72. The maximum absolute atomic E-state index is 13.0. The Labute approximate surface area is 177 Å². The summed E-state index contributed by atoms with van der Waals surface area (Å²) in [5, 5.41) is 1.09. The average molecular weight is 395 g/mol. The van der Waals surface area contributed by atoms with Crippen molar-refractivity contribution in [3.05, 3.63) is 117 Å². The van der Waals surface area contributed by atoms with Crippen molar-refractivity contribution in [3.8, 4) is 0 Å². The number of rotatable bonds is 5. The summed E-state index contributed by atoms with van der Waals surface area (Å²) in [6.07, 6.45) is 2.81. The molecule has 0 N–H and O–H groups in total. The minimum absolute atomic E-state index is 0.190. The molecule has 0 bridgehead atoms. The summed E-state index contributed by atoms with van der Waals surface area (Å²) in [6.45, 7) is 4.20. The molecule has 3 aromatic carbocycles. The van der Waals surface area contributed by atoms with Gasteiger partial charge in [-0.3, -0.25) is 0 Å². The summed E-state index contributed by atoms with van der Waals surface area (Å²) in [6, 6.07) is 25.3. The Balaban J connectivity index is 1.53. The van der Waals surface area contributed by atoms with Crippen LogP contribution in [0.1, 0.15) is 45.7 Å². The molecular weight excluding hydrogens is 368 g/mol. The van der Waals surface area contributed by atoms with Crippen molar-refractivity contribution < 1.29 is 4.42 Å². The zero-order valence-electron chi connectivity index (χ0n) is 17.5. The maximum Gasteiger partial charge on any atom is 0.340 e. The summed E-state index contributed by atoms with van der Waals surface area (Å²) in [7, 11) is 0. The molecule has 0 spiro atoms. The first-order valence-electron chi connectivity index (χ1n) is 10.7. The highest BCUT2D eigenvalue weighted by atomic mass is 16.4. The SMILES string of the molecule is Cc1ccc(Cc2c(C3CC3Cc3ccc(C)cc3)c3ccccc3oc2=O)cc1. The normalized spacial score (nSPS) is 17.9. The lowest BCUT2D eigenvalue weighted by atomic mass is 9.93. The van der Waals surface area contributed by atoms with Crippen LogP contribution in [-0.2, 0) is 12.8 Å². The van der Waals surface area contributed by atoms with E-state index in [4.69, 9.17) is 4.42 Å². The third-order valence-electron chi connectivity index (χ3n) is 6.36. The van der Waals surface area contributed by atoms with E-state index in [1.807, 2.05) is 18.2 Å². The van der Waals surface area contributed by atoms with Gasteiger partial charge in [0.05, 0.1) is 0 Å². The summed E-state index contributed by atoms with van der Waals surface area (Å²) >= 11 is 0. The predicted octanol–water partition coefficient (Wildman–Crippen LogP) is 6.35. The first-order chi connectivity index (χ1) is 14.6. The first kappa shape index (κ1) is 18.9. The molecule has 2 atom stereocenters. The van der Waals surface area contributed by atoms with Gasteiger partial charge in [-0.25, -0.2) is 4.79 Å². The van der Waals surface area contributed by atoms with E-state index in [2.05, 4.69) is 68.4 Å². The number of fused-ring (bicyclic) bond motifs is 1. The van der Waals surface area contributed by atoms with Crippen LogP contribution in [0.4, 0.5) is 0 Å². The van der Waals surface area contributed by atoms with Gasteiger partial charge in [0.15, 0.2) is 0 Å². The highest BCUT2D eigenvalue weighted by molar-refractivity contribution is 5.82. The molecule has 1 saturated carbocycles. The van der Waals surface area contributed by atoms with Crippen LogP contribution in [0.3, 0.4) is 0 Å². The maximum atomic E-state index is 13.0. The van der Waals surface area contributed by atoms with Gasteiger partial charge in [-0.15, -0.1) is 0 Å². The Morgan fingerprint density at radius 2 is 1.47 bits per heavy atom. The van der Waals surface area contributed by atoms with Gasteiger partial charge in [-0.2, -0.15) is 0 Å². The van der Waals surface area contributed by atoms with Gasteiger partial charge in [0.1, 0.15) is 5.58 Å². The second kappa shape index (κ2) is 7.60. The molecule has 1 aliphatic rings. The Hall–Kier alpha value is -3.13. The number of benzene rings is 3. The van der Waals surface area contributed by atoms with Crippen molar-refractivity contribution in [1.29, 1.82) is 0 Å². The number of hydrogen-bond donors (Lipinski definition) is 0. The minimum Gasteiger partial charge on any atom is -0.423 e. The minimum atomic E-state index is -0.190. The molecule has 2 heteroatoms. The van der Waals surface area contributed by atoms with Crippen molar-refractivity contribution in [2.45, 2.75) is 39.0 Å². The van der Waals surface area contributed by atoms with Gasteiger partial charge >= 0.3 is 5.63 Å². The quantitative estimate of drug-likeness (QED) is 0.369. The van der Waals surface area contributed by atoms with E-state index < -0.39 is 0 Å². The van der Waals surface area contributed by atoms with E-state index in [1.54, 1.807) is 0 Å². The zero-order chi connectivity index (χ0) is 20.7. The molecular formula is C28H26O2. The molecule has 2 nitrogen and oxygen atoms in total. The van der Waals surface area contributed by atoms with E-state index in [9.17, 15) is 4.79 Å². The summed E-state index contributed by atoms with van der Waals surface area (Å²) in [5.41, 5.74) is 7.59. The van der Waals surface area contributed by atoms with Crippen molar-refractivity contribution in [3.63, 3.8) is 0 Å². The molecule has 1 aliphatic carbocycles. The molecule has 150 valence electrons. The number of hydrogen-bond acceptors (Lipinski definition) is 2. The highest BCUT2D eigenvalue weighted by Gasteiger charge is 2.41. The van der Waals surface area contributed by atoms with Gasteiger partial charge in [0.2, 0.25) is 0 Å². The van der Waals surface area contributed by atoms with Crippen molar-refractivity contribution in [1.82, 2.24) is 0 Å². The Bertz CT molecular complexity index is 1250. The fraction of sp³-hybridized carbons (Fsp3) is 0.250. The second-order valence-electron chi connectivity index (χ2n) is 8.73. The molecule has 0 radical (unpaired) electrons. The van der Waals surface area contributed by atoms with Gasteiger partial charge < -0.3 is 4.42 Å². The fourth-order valence-electron chi connectivity index (χ4n) is 4.57. The van der Waals surface area contributed by atoms with Crippen LogP contribution in [0.15, 0.2) is 82.0 Å². The molecule has 1 fully saturated rings. The topological polar surface area (TPSA) is 30.2 Å². The molecule has 2 unspecified atom stereocenters. The predicted molar refractivity (Wildman–Crippen MR) is 122 cm³/mol. The fourth-order valence-corrected chi connectivity index (χ4v) is 4.57. The lowest BCUT2D eigenvalue weighted by Gasteiger charge is -2.12. The average Bonchev–Trinajstić information content (AvgIpc) is 3.50. The molecule has 4 aromatic rings. The number of para-hydroxylation sites is 1. The summed E-state index contributed by atoms with van der Waals surface area (Å²) in [4.78, 5) is 13.0. The van der Waals surface area contributed by atoms with Crippen LogP contribution in [0.25, 0.3) is 11.0 Å². The van der Waals surface area contributed by atoms with Crippen molar-refractivity contribution in [2.75, 3.05) is 0 Å². The zero-order valence-corrected chi connectivity index (χ0v) is 17.5. The molecule has 1 heterocycles. The van der Waals surface area contributed by atoms with E-state index in [0.29, 0.717) is 23.8 Å². The molecule has 1 aromatic heterocycles. The van der Waals surface area contributed by atoms with Crippen LogP contribution in [-0.4, -0.2) is 0 Å². The van der Waals surface area contributed by atoms with E-state index in [1.165, 1.54) is 22.3 Å². The smallest absolute Gasteiger partial charge is 0.340 e. The first-order valence-corrected chi connectivity index (χ1v) is 10.7. The van der Waals surface area contributed by atoms with Crippen LogP contribution in [0.2, 0.25) is 0 Å². The van der Waals surface area contributed by atoms with Crippen LogP contribution >= 0.6 is 0 Å². The molecule has 0 aliphatic heterocycles. The van der Waals surface area contributed by atoms with Crippen LogP contribution < -0.4 is 5.63 Å². The Kier molecular flexibility index (Phi) is 4.78. The van der Waals surface area contributed by atoms with Crippen molar-refractivity contribution >= 4 is 11.0 Å². The summed E-state index contributed by atoms with van der Waals surface area (Å²) in [5.74, 6) is 0.996. The largest absolute Gasteiger partial charge is 0.423 e. The third-order valence-corrected chi connectivity index (χ3v) is 6.36.